The molecule has 4 nitrogen and oxygen atoms in total. The molecule has 1 aliphatic rings. The topological polar surface area (TPSA) is 51.0 Å². The van der Waals surface area contributed by atoms with Gasteiger partial charge in [-0.3, -0.25) is 0 Å². The maximum absolute atomic E-state index is 5.28. The molecule has 2 aromatic rings. The lowest BCUT2D eigenvalue weighted by Gasteiger charge is -2.12. The first-order valence-corrected chi connectivity index (χ1v) is 6.27. The second-order valence-electron chi connectivity index (χ2n) is 4.07. The number of rotatable bonds is 2. The van der Waals surface area contributed by atoms with Crippen molar-refractivity contribution in [1.82, 2.24) is 15.5 Å². The van der Waals surface area contributed by atoms with Gasteiger partial charge in [-0.25, -0.2) is 0 Å². The number of nitrogens with one attached hydrogen (secondary N) is 1. The van der Waals surface area contributed by atoms with Gasteiger partial charge < -0.3 is 9.84 Å². The van der Waals surface area contributed by atoms with Crippen LogP contribution in [0.4, 0.5) is 0 Å². The number of aromatic nitrogens is 2. The van der Waals surface area contributed by atoms with Crippen molar-refractivity contribution in [2.24, 2.45) is 0 Å². The van der Waals surface area contributed by atoms with E-state index in [4.69, 9.17) is 4.52 Å². The van der Waals surface area contributed by atoms with Crippen molar-refractivity contribution < 1.29 is 4.52 Å². The summed E-state index contributed by atoms with van der Waals surface area (Å²) in [7, 11) is 0. The Morgan fingerprint density at radius 1 is 1.44 bits per heavy atom. The monoisotopic (exact) mass is 235 g/mol. The van der Waals surface area contributed by atoms with E-state index in [-0.39, 0.29) is 0 Å². The van der Waals surface area contributed by atoms with E-state index in [1.807, 2.05) is 6.92 Å². The molecule has 3 rings (SSSR count). The summed E-state index contributed by atoms with van der Waals surface area (Å²) >= 11 is 1.80. The van der Waals surface area contributed by atoms with Gasteiger partial charge >= 0.3 is 0 Å². The Balaban J connectivity index is 1.90. The molecule has 84 valence electrons. The maximum Gasteiger partial charge on any atom is 0.231 e. The van der Waals surface area contributed by atoms with Gasteiger partial charge in [0, 0.05) is 23.9 Å². The van der Waals surface area contributed by atoms with Gasteiger partial charge in [-0.1, -0.05) is 11.2 Å². The van der Waals surface area contributed by atoms with Crippen LogP contribution in [0.25, 0.3) is 0 Å². The molecule has 0 bridgehead atoms. The molecule has 1 saturated heterocycles. The van der Waals surface area contributed by atoms with Crippen LogP contribution in [0.3, 0.4) is 0 Å². The van der Waals surface area contributed by atoms with Crippen molar-refractivity contribution in [3.05, 3.63) is 34.1 Å². The summed E-state index contributed by atoms with van der Waals surface area (Å²) < 4.78 is 5.28. The van der Waals surface area contributed by atoms with E-state index in [2.05, 4.69) is 33.0 Å². The molecule has 0 unspecified atom stereocenters. The maximum atomic E-state index is 5.28. The molecule has 0 spiro atoms. The summed E-state index contributed by atoms with van der Waals surface area (Å²) in [6.45, 7) is 3.77. The fourth-order valence-electron chi connectivity index (χ4n) is 2.20. The number of nitrogens with zero attached hydrogens (tertiary/aromatic N) is 2. The highest BCUT2D eigenvalue weighted by atomic mass is 32.1. The average molecular weight is 235 g/mol. The quantitative estimate of drug-likeness (QED) is 0.864. The standard InChI is InChI=1S/C11H13N3OS/c1-7-13-11(15-14-7)9-6-12-5-8(9)10-3-2-4-16-10/h2-4,8-9,12H,5-6H2,1H3/t8-,9-/m1/s1. The molecule has 2 atom stereocenters. The molecule has 0 saturated carbocycles. The third-order valence-electron chi connectivity index (χ3n) is 2.98. The van der Waals surface area contributed by atoms with E-state index in [1.165, 1.54) is 4.88 Å². The molecule has 2 aromatic heterocycles. The first kappa shape index (κ1) is 9.99. The van der Waals surface area contributed by atoms with Crippen LogP contribution in [0, 0.1) is 6.92 Å². The Labute approximate surface area is 97.7 Å². The van der Waals surface area contributed by atoms with E-state index >= 15 is 0 Å². The predicted octanol–water partition coefficient (Wildman–Crippen LogP) is 1.91. The van der Waals surface area contributed by atoms with Crippen LogP contribution in [0.5, 0.6) is 0 Å². The van der Waals surface area contributed by atoms with E-state index in [9.17, 15) is 0 Å². The molecule has 16 heavy (non-hydrogen) atoms. The van der Waals surface area contributed by atoms with E-state index in [0.29, 0.717) is 17.7 Å². The molecular formula is C11H13N3OS. The fraction of sp³-hybridized carbons (Fsp3) is 0.455. The van der Waals surface area contributed by atoms with E-state index in [0.717, 1.165) is 19.0 Å². The Morgan fingerprint density at radius 3 is 3.00 bits per heavy atom. The largest absolute Gasteiger partial charge is 0.339 e. The number of aryl methyl sites for hydroxylation is 1. The van der Waals surface area contributed by atoms with Gasteiger partial charge in [-0.15, -0.1) is 11.3 Å². The summed E-state index contributed by atoms with van der Waals surface area (Å²) in [5.74, 6) is 2.27. The van der Waals surface area contributed by atoms with E-state index < -0.39 is 0 Å². The summed E-state index contributed by atoms with van der Waals surface area (Å²) in [6.07, 6.45) is 0. The average Bonchev–Trinajstić information content (AvgIpc) is 2.96. The van der Waals surface area contributed by atoms with Crippen LogP contribution < -0.4 is 5.32 Å². The third kappa shape index (κ3) is 1.66. The SMILES string of the molecule is Cc1noc([C@@H]2CNC[C@H]2c2cccs2)n1. The highest BCUT2D eigenvalue weighted by molar-refractivity contribution is 7.10. The van der Waals surface area contributed by atoms with Crippen molar-refractivity contribution in [1.29, 1.82) is 0 Å². The summed E-state index contributed by atoms with van der Waals surface area (Å²) in [4.78, 5) is 5.73. The van der Waals surface area contributed by atoms with Crippen molar-refractivity contribution in [2.45, 2.75) is 18.8 Å². The minimum Gasteiger partial charge on any atom is -0.339 e. The normalized spacial score (nSPS) is 25.1. The molecule has 1 N–H and O–H groups in total. The third-order valence-corrected chi connectivity index (χ3v) is 3.99. The molecule has 0 radical (unpaired) electrons. The molecule has 0 aliphatic carbocycles. The Hall–Kier alpha value is -1.20. The first-order valence-electron chi connectivity index (χ1n) is 5.39. The zero-order chi connectivity index (χ0) is 11.0. The zero-order valence-electron chi connectivity index (χ0n) is 9.01. The molecular weight excluding hydrogens is 222 g/mol. The molecule has 5 heteroatoms. The van der Waals surface area contributed by atoms with Gasteiger partial charge in [-0.2, -0.15) is 4.98 Å². The van der Waals surface area contributed by atoms with Gasteiger partial charge in [0.1, 0.15) is 0 Å². The Bertz CT molecular complexity index is 465. The van der Waals surface area contributed by atoms with Crippen molar-refractivity contribution in [2.75, 3.05) is 13.1 Å². The van der Waals surface area contributed by atoms with Gasteiger partial charge in [-0.05, 0) is 18.4 Å². The zero-order valence-corrected chi connectivity index (χ0v) is 9.83. The lowest BCUT2D eigenvalue weighted by molar-refractivity contribution is 0.349. The van der Waals surface area contributed by atoms with Crippen LogP contribution in [-0.2, 0) is 0 Å². The fourth-order valence-corrected chi connectivity index (χ4v) is 3.10. The van der Waals surface area contributed by atoms with Crippen molar-refractivity contribution in [3.8, 4) is 0 Å². The minimum absolute atomic E-state index is 0.319. The minimum atomic E-state index is 0.319. The number of hydrogen-bond donors (Lipinski definition) is 1. The number of hydrogen-bond acceptors (Lipinski definition) is 5. The van der Waals surface area contributed by atoms with Crippen LogP contribution >= 0.6 is 11.3 Å². The van der Waals surface area contributed by atoms with Crippen LogP contribution in [-0.4, -0.2) is 23.2 Å². The second kappa shape index (κ2) is 3.99. The van der Waals surface area contributed by atoms with Crippen LogP contribution in [0.2, 0.25) is 0 Å². The smallest absolute Gasteiger partial charge is 0.231 e. The van der Waals surface area contributed by atoms with Crippen LogP contribution in [0.1, 0.15) is 28.4 Å². The van der Waals surface area contributed by atoms with Gasteiger partial charge in [0.2, 0.25) is 5.89 Å². The van der Waals surface area contributed by atoms with Crippen molar-refractivity contribution in [3.63, 3.8) is 0 Å². The molecule has 0 aromatic carbocycles. The molecule has 1 fully saturated rings. The molecule has 1 aliphatic heterocycles. The van der Waals surface area contributed by atoms with Gasteiger partial charge in [0.05, 0.1) is 5.92 Å². The van der Waals surface area contributed by atoms with Gasteiger partial charge in [0.15, 0.2) is 5.82 Å². The summed E-state index contributed by atoms with van der Waals surface area (Å²) in [5.41, 5.74) is 0. The summed E-state index contributed by atoms with van der Waals surface area (Å²) in [5, 5.41) is 9.38. The lowest BCUT2D eigenvalue weighted by atomic mass is 9.94. The Morgan fingerprint density at radius 2 is 2.31 bits per heavy atom. The molecule has 3 heterocycles. The second-order valence-corrected chi connectivity index (χ2v) is 5.05. The van der Waals surface area contributed by atoms with Crippen molar-refractivity contribution >= 4 is 11.3 Å². The number of thiophene rings is 1. The highest BCUT2D eigenvalue weighted by Crippen LogP contribution is 2.36. The first-order chi connectivity index (χ1) is 7.84. The highest BCUT2D eigenvalue weighted by Gasteiger charge is 2.34. The van der Waals surface area contributed by atoms with Gasteiger partial charge in [0.25, 0.3) is 0 Å². The summed E-state index contributed by atoms with van der Waals surface area (Å²) in [6, 6.07) is 4.27. The molecule has 0 amide bonds. The van der Waals surface area contributed by atoms with E-state index in [1.54, 1.807) is 11.3 Å². The lowest BCUT2D eigenvalue weighted by Crippen LogP contribution is -2.08. The predicted molar refractivity (Wildman–Crippen MR) is 61.7 cm³/mol. The Kier molecular flexibility index (Phi) is 2.49. The van der Waals surface area contributed by atoms with Crippen LogP contribution in [0.15, 0.2) is 22.0 Å².